The van der Waals surface area contributed by atoms with Gasteiger partial charge in [-0.1, -0.05) is 11.6 Å². The van der Waals surface area contributed by atoms with Gasteiger partial charge in [0.15, 0.2) is 5.82 Å². The van der Waals surface area contributed by atoms with Crippen molar-refractivity contribution < 1.29 is 28.5 Å². The van der Waals surface area contributed by atoms with E-state index in [1.165, 1.54) is 6.20 Å². The first-order valence-corrected chi connectivity index (χ1v) is 15.7. The zero-order chi connectivity index (χ0) is 31.3. The number of ether oxygens (including phenoxy) is 2. The number of pyridine rings is 1. The summed E-state index contributed by atoms with van der Waals surface area (Å²) < 4.78 is 43.2. The average Bonchev–Trinajstić information content (AvgIpc) is 3.67. The van der Waals surface area contributed by atoms with E-state index in [0.29, 0.717) is 77.2 Å². The van der Waals surface area contributed by atoms with Gasteiger partial charge in [-0.2, -0.15) is 15.1 Å². The molecule has 3 aliphatic rings. The minimum Gasteiger partial charge on any atom is -0.461 e. The van der Waals surface area contributed by atoms with E-state index in [1.807, 2.05) is 4.90 Å². The molecule has 45 heavy (non-hydrogen) atoms. The lowest BCUT2D eigenvalue weighted by molar-refractivity contribution is -0.0123. The Morgan fingerprint density at radius 2 is 2.11 bits per heavy atom. The molecule has 3 aromatic heterocycles. The molecule has 3 saturated heterocycles. The molecule has 4 aromatic rings. The Hall–Kier alpha value is -3.23. The molecule has 0 radical (unpaired) electrons. The lowest BCUT2D eigenvalue weighted by Gasteiger charge is -2.31. The van der Waals surface area contributed by atoms with Crippen molar-refractivity contribution in [2.75, 3.05) is 57.5 Å². The lowest BCUT2D eigenvalue weighted by Crippen LogP contribution is -2.44. The van der Waals surface area contributed by atoms with Gasteiger partial charge in [0.05, 0.1) is 42.4 Å². The number of hydrogen-bond donors (Lipinski definition) is 3. The summed E-state index contributed by atoms with van der Waals surface area (Å²) >= 11 is 6.67. The maximum absolute atomic E-state index is 16.9. The molecule has 0 spiro atoms. The molecule has 0 aliphatic carbocycles. The van der Waals surface area contributed by atoms with Crippen molar-refractivity contribution >= 4 is 39.2 Å². The van der Waals surface area contributed by atoms with Gasteiger partial charge in [-0.15, -0.1) is 0 Å². The summed E-state index contributed by atoms with van der Waals surface area (Å²) in [4.78, 5) is 17.9. The maximum Gasteiger partial charge on any atom is 0.319 e. The fraction of sp³-hybridized carbons (Fsp3) is 0.548. The van der Waals surface area contributed by atoms with E-state index in [1.54, 1.807) is 19.2 Å². The normalized spacial score (nSPS) is 25.7. The number of halogens is 3. The molecule has 11 nitrogen and oxygen atoms in total. The molecule has 6 heterocycles. The average molecular weight is 644 g/mol. The minimum absolute atomic E-state index is 0.00916. The first kappa shape index (κ1) is 30.4. The number of aliphatic hydroxyl groups excluding tert-OH is 1. The number of hydrogen-bond acceptors (Lipinski definition) is 10. The van der Waals surface area contributed by atoms with Crippen LogP contribution in [0.25, 0.3) is 33.1 Å². The summed E-state index contributed by atoms with van der Waals surface area (Å²) in [7, 11) is 0. The third-order valence-electron chi connectivity index (χ3n) is 9.25. The number of alkyl halides is 1. The van der Waals surface area contributed by atoms with Crippen molar-refractivity contribution in [3.63, 3.8) is 0 Å². The number of aliphatic hydroxyl groups is 2. The van der Waals surface area contributed by atoms with Gasteiger partial charge in [-0.3, -0.25) is 15.0 Å². The van der Waals surface area contributed by atoms with Crippen LogP contribution in [0.15, 0.2) is 18.5 Å². The second-order valence-electron chi connectivity index (χ2n) is 12.7. The largest absolute Gasteiger partial charge is 0.461 e. The van der Waals surface area contributed by atoms with Gasteiger partial charge in [0.25, 0.3) is 0 Å². The fourth-order valence-electron chi connectivity index (χ4n) is 7.20. The number of β-amino-alcohol motifs (C(OH)–C–C–N with tert-alkyl or cyclic N) is 1. The maximum atomic E-state index is 16.9. The number of anilines is 1. The smallest absolute Gasteiger partial charge is 0.319 e. The Morgan fingerprint density at radius 1 is 1.24 bits per heavy atom. The number of benzene rings is 1. The fourth-order valence-corrected chi connectivity index (χ4v) is 7.50. The molecule has 3 atom stereocenters. The topological polar surface area (TPSA) is 133 Å². The van der Waals surface area contributed by atoms with E-state index >= 15 is 4.39 Å². The van der Waals surface area contributed by atoms with Crippen LogP contribution in [0, 0.1) is 5.82 Å². The van der Waals surface area contributed by atoms with E-state index in [4.69, 9.17) is 26.1 Å². The van der Waals surface area contributed by atoms with Crippen LogP contribution >= 0.6 is 11.6 Å². The van der Waals surface area contributed by atoms with Crippen LogP contribution in [0.5, 0.6) is 6.01 Å². The molecule has 7 rings (SSSR count). The first-order chi connectivity index (χ1) is 21.7. The van der Waals surface area contributed by atoms with Gasteiger partial charge in [-0.05, 0) is 50.8 Å². The van der Waals surface area contributed by atoms with E-state index in [2.05, 4.69) is 25.1 Å². The highest BCUT2D eigenvalue weighted by atomic mass is 35.5. The van der Waals surface area contributed by atoms with Crippen LogP contribution in [-0.4, -0.2) is 110 Å². The second-order valence-corrected chi connectivity index (χ2v) is 13.1. The van der Waals surface area contributed by atoms with E-state index in [0.717, 1.165) is 19.4 Å². The molecule has 1 aromatic carbocycles. The predicted molar refractivity (Wildman–Crippen MR) is 165 cm³/mol. The molecule has 0 unspecified atom stereocenters. The minimum atomic E-state index is -1.18. The Morgan fingerprint density at radius 3 is 2.96 bits per heavy atom. The quantitative estimate of drug-likeness (QED) is 0.260. The SMILES string of the molecule is C[C@@]1(O)COCCN(c2nc(OC[C@@]34CCCN3C[C@H](F)C4)nc3c(F)c(-c4c(CCCO)c(Cl)cc5[nH]ncc45)ncc23)C1. The van der Waals surface area contributed by atoms with Crippen LogP contribution in [0.3, 0.4) is 0 Å². The van der Waals surface area contributed by atoms with Crippen LogP contribution in [0.4, 0.5) is 14.6 Å². The van der Waals surface area contributed by atoms with Crippen LogP contribution < -0.4 is 9.64 Å². The van der Waals surface area contributed by atoms with E-state index < -0.39 is 23.1 Å². The van der Waals surface area contributed by atoms with Crippen molar-refractivity contribution in [1.29, 1.82) is 0 Å². The van der Waals surface area contributed by atoms with Crippen molar-refractivity contribution in [2.24, 2.45) is 0 Å². The standard InChI is InChI=1S/C31H36ClF2N7O4/c1-30(43)15-40(7-9-44-16-30)28-21-12-35-27(24-19(4-2-8-42)22(32)10-23-20(24)13-36-39-23)25(34)26(21)37-29(38-28)45-17-31-5-3-6-41(31)14-18(33)11-31/h10,12-13,18,42-43H,2-9,11,14-17H2,1H3,(H,36,39)/t18-,30+,31+/m1/s1. The highest BCUT2D eigenvalue weighted by Gasteiger charge is 2.49. The summed E-state index contributed by atoms with van der Waals surface area (Å²) in [6, 6.07) is 1.69. The number of nitrogens with one attached hydrogen (secondary N) is 1. The zero-order valence-electron chi connectivity index (χ0n) is 25.0. The van der Waals surface area contributed by atoms with Crippen LogP contribution in [0.1, 0.15) is 38.2 Å². The lowest BCUT2D eigenvalue weighted by atomic mass is 9.95. The molecule has 14 heteroatoms. The molecule has 3 N–H and O–H groups in total. The Kier molecular flexibility index (Phi) is 8.01. The van der Waals surface area contributed by atoms with Gasteiger partial charge in [0, 0.05) is 48.3 Å². The summed E-state index contributed by atoms with van der Waals surface area (Å²) in [6.45, 7) is 4.01. The highest BCUT2D eigenvalue weighted by Crippen LogP contribution is 2.42. The molecule has 240 valence electrons. The van der Waals surface area contributed by atoms with Crippen molar-refractivity contribution in [1.82, 2.24) is 30.0 Å². The monoisotopic (exact) mass is 643 g/mol. The number of aromatic amines is 1. The number of aromatic nitrogens is 5. The number of H-pyrrole nitrogens is 1. The van der Waals surface area contributed by atoms with E-state index in [9.17, 15) is 14.6 Å². The molecule has 0 amide bonds. The Balaban J connectivity index is 1.37. The molecule has 0 saturated carbocycles. The molecule has 0 bridgehead atoms. The number of rotatable bonds is 8. The number of nitrogens with zero attached hydrogens (tertiary/aromatic N) is 6. The summed E-state index contributed by atoms with van der Waals surface area (Å²) in [5.74, 6) is -0.339. The highest BCUT2D eigenvalue weighted by molar-refractivity contribution is 6.33. The summed E-state index contributed by atoms with van der Waals surface area (Å²) in [5, 5.41) is 28.9. The van der Waals surface area contributed by atoms with Gasteiger partial charge < -0.3 is 24.6 Å². The summed E-state index contributed by atoms with van der Waals surface area (Å²) in [6.07, 6.45) is 5.13. The second kappa shape index (κ2) is 11.8. The van der Waals surface area contributed by atoms with Gasteiger partial charge in [-0.25, -0.2) is 8.78 Å². The van der Waals surface area contributed by atoms with Gasteiger partial charge >= 0.3 is 6.01 Å². The molecule has 3 fully saturated rings. The Bertz CT molecular complexity index is 1740. The molecular weight excluding hydrogens is 608 g/mol. The third kappa shape index (κ3) is 5.58. The molecular formula is C31H36ClF2N7O4. The van der Waals surface area contributed by atoms with Crippen molar-refractivity contribution in [3.05, 3.63) is 34.9 Å². The predicted octanol–water partition coefficient (Wildman–Crippen LogP) is 3.83. The van der Waals surface area contributed by atoms with Crippen molar-refractivity contribution in [3.8, 4) is 17.3 Å². The van der Waals surface area contributed by atoms with Crippen molar-refractivity contribution in [2.45, 2.75) is 56.3 Å². The van der Waals surface area contributed by atoms with Crippen LogP contribution in [-0.2, 0) is 11.2 Å². The van der Waals surface area contributed by atoms with Gasteiger partial charge in [0.2, 0.25) is 0 Å². The van der Waals surface area contributed by atoms with Gasteiger partial charge in [0.1, 0.15) is 35.4 Å². The summed E-state index contributed by atoms with van der Waals surface area (Å²) in [5.41, 5.74) is 0.112. The Labute approximate surface area is 263 Å². The van der Waals surface area contributed by atoms with E-state index in [-0.39, 0.29) is 43.6 Å². The number of fused-ring (bicyclic) bond motifs is 3. The van der Waals surface area contributed by atoms with Crippen LogP contribution in [0.2, 0.25) is 5.02 Å². The zero-order valence-corrected chi connectivity index (χ0v) is 25.8. The first-order valence-electron chi connectivity index (χ1n) is 15.4. The molecule has 3 aliphatic heterocycles. The third-order valence-corrected chi connectivity index (χ3v) is 9.58.